The van der Waals surface area contributed by atoms with Gasteiger partial charge in [-0.05, 0) is 81.8 Å². The van der Waals surface area contributed by atoms with Crippen LogP contribution in [0.25, 0.3) is 11.3 Å². The topological polar surface area (TPSA) is 118 Å². The second kappa shape index (κ2) is 14.1. The Labute approximate surface area is 274 Å². The molecule has 0 saturated heterocycles. The molecule has 0 fully saturated rings. The lowest BCUT2D eigenvalue weighted by Crippen LogP contribution is -2.52. The van der Waals surface area contributed by atoms with Crippen molar-refractivity contribution in [2.24, 2.45) is 0 Å². The number of alkyl carbamates (subject to hydrolysis) is 1. The zero-order valence-corrected chi connectivity index (χ0v) is 27.4. The van der Waals surface area contributed by atoms with E-state index < -0.39 is 17.7 Å². The van der Waals surface area contributed by atoms with Gasteiger partial charge in [0.25, 0.3) is 0 Å². The number of rotatable bonds is 9. The molecule has 0 saturated carbocycles. The summed E-state index contributed by atoms with van der Waals surface area (Å²) in [5.41, 5.74) is 4.10. The molecule has 1 unspecified atom stereocenters. The van der Waals surface area contributed by atoms with E-state index in [0.29, 0.717) is 36.7 Å². The number of imidazole rings is 1. The number of fused-ring (bicyclic) bond motifs is 1. The molecule has 3 amide bonds. The summed E-state index contributed by atoms with van der Waals surface area (Å²) in [6.07, 6.45) is -0.114. The van der Waals surface area contributed by atoms with Gasteiger partial charge in [-0.2, -0.15) is 0 Å². The number of nitrogens with zero attached hydrogens (tertiary/aromatic N) is 3. The minimum Gasteiger partial charge on any atom is -0.444 e. The SMILES string of the molecule is CCC(=O)Nc1ccc(CC(NC(=O)OC(C)(C)C)C(=O)N2CCn3c(nc(-c4ccc(F)cc4)c3Nc3ccc(C)cc3)C2)cc1. The molecule has 11 heteroatoms. The minimum atomic E-state index is -0.913. The average Bonchev–Trinajstić information content (AvgIpc) is 3.39. The molecule has 10 nitrogen and oxygen atoms in total. The summed E-state index contributed by atoms with van der Waals surface area (Å²) < 4.78 is 21.4. The van der Waals surface area contributed by atoms with Gasteiger partial charge < -0.3 is 30.2 Å². The molecular weight excluding hydrogens is 599 g/mol. The van der Waals surface area contributed by atoms with Crippen LogP contribution in [-0.2, 0) is 33.8 Å². The molecule has 0 radical (unpaired) electrons. The maximum Gasteiger partial charge on any atom is 0.408 e. The van der Waals surface area contributed by atoms with Crippen molar-refractivity contribution in [3.63, 3.8) is 0 Å². The number of amides is 3. The zero-order chi connectivity index (χ0) is 33.7. The summed E-state index contributed by atoms with van der Waals surface area (Å²) in [5, 5.41) is 9.09. The lowest BCUT2D eigenvalue weighted by atomic mass is 10.0. The number of carbonyl (C=O) groups excluding carboxylic acids is 3. The van der Waals surface area contributed by atoms with E-state index in [1.165, 1.54) is 12.1 Å². The Morgan fingerprint density at radius 3 is 2.23 bits per heavy atom. The van der Waals surface area contributed by atoms with Crippen LogP contribution in [0.1, 0.15) is 51.1 Å². The van der Waals surface area contributed by atoms with Crippen LogP contribution < -0.4 is 16.0 Å². The Balaban J connectivity index is 1.41. The first-order chi connectivity index (χ1) is 22.4. The Morgan fingerprint density at radius 1 is 0.936 bits per heavy atom. The second-order valence-electron chi connectivity index (χ2n) is 12.6. The number of halogens is 1. The number of hydrogen-bond donors (Lipinski definition) is 3. The maximum atomic E-state index is 14.1. The predicted molar refractivity (Wildman–Crippen MR) is 180 cm³/mol. The third-order valence-corrected chi connectivity index (χ3v) is 7.70. The van der Waals surface area contributed by atoms with Crippen molar-refractivity contribution in [3.05, 3.63) is 95.6 Å². The second-order valence-corrected chi connectivity index (χ2v) is 12.6. The van der Waals surface area contributed by atoms with E-state index in [4.69, 9.17) is 9.72 Å². The van der Waals surface area contributed by atoms with Gasteiger partial charge in [0.05, 0.1) is 6.54 Å². The first-order valence-corrected chi connectivity index (χ1v) is 15.7. The molecule has 3 N–H and O–H groups in total. The Kier molecular flexibility index (Phi) is 9.93. The molecule has 0 aliphatic carbocycles. The largest absolute Gasteiger partial charge is 0.444 e. The fraction of sp³-hybridized carbons (Fsp3) is 0.333. The van der Waals surface area contributed by atoms with Gasteiger partial charge in [-0.3, -0.25) is 9.59 Å². The molecule has 1 atom stereocenters. The molecule has 1 aliphatic heterocycles. The summed E-state index contributed by atoms with van der Waals surface area (Å²) >= 11 is 0. The first kappa shape index (κ1) is 33.2. The van der Waals surface area contributed by atoms with Gasteiger partial charge in [-0.25, -0.2) is 14.2 Å². The summed E-state index contributed by atoms with van der Waals surface area (Å²) in [6.45, 7) is 10.1. The maximum absolute atomic E-state index is 14.1. The molecule has 246 valence electrons. The van der Waals surface area contributed by atoms with Crippen LogP contribution in [0, 0.1) is 12.7 Å². The van der Waals surface area contributed by atoms with Crippen LogP contribution in [-0.4, -0.2) is 50.5 Å². The summed E-state index contributed by atoms with van der Waals surface area (Å²) in [4.78, 5) is 45.4. The van der Waals surface area contributed by atoms with Crippen LogP contribution in [0.5, 0.6) is 0 Å². The number of carbonyl (C=O) groups is 3. The Hall–Kier alpha value is -5.19. The van der Waals surface area contributed by atoms with Gasteiger partial charge in [-0.15, -0.1) is 0 Å². The van der Waals surface area contributed by atoms with Crippen molar-refractivity contribution in [2.45, 2.75) is 72.2 Å². The number of ether oxygens (including phenoxy) is 1. The van der Waals surface area contributed by atoms with Crippen molar-refractivity contribution < 1.29 is 23.5 Å². The van der Waals surface area contributed by atoms with Gasteiger partial charge >= 0.3 is 6.09 Å². The van der Waals surface area contributed by atoms with Crippen LogP contribution >= 0.6 is 0 Å². The molecule has 0 bridgehead atoms. The van der Waals surface area contributed by atoms with E-state index in [1.807, 2.05) is 47.9 Å². The number of anilines is 3. The van der Waals surface area contributed by atoms with Gasteiger partial charge in [0.15, 0.2) is 0 Å². The molecule has 2 heterocycles. The third kappa shape index (κ3) is 8.55. The van der Waals surface area contributed by atoms with Crippen LogP contribution in [0.15, 0.2) is 72.8 Å². The fourth-order valence-corrected chi connectivity index (χ4v) is 5.31. The van der Waals surface area contributed by atoms with E-state index >= 15 is 0 Å². The van der Waals surface area contributed by atoms with Crippen LogP contribution in [0.3, 0.4) is 0 Å². The molecular formula is C36H41FN6O4. The van der Waals surface area contributed by atoms with E-state index in [0.717, 1.165) is 28.2 Å². The Bertz CT molecular complexity index is 1730. The van der Waals surface area contributed by atoms with E-state index in [2.05, 4.69) is 16.0 Å². The van der Waals surface area contributed by atoms with Gasteiger partial charge in [0, 0.05) is 42.9 Å². The molecule has 4 aromatic rings. The molecule has 47 heavy (non-hydrogen) atoms. The number of benzene rings is 3. The van der Waals surface area contributed by atoms with Crippen molar-refractivity contribution in [1.29, 1.82) is 0 Å². The zero-order valence-electron chi connectivity index (χ0n) is 27.4. The molecule has 1 aliphatic rings. The first-order valence-electron chi connectivity index (χ1n) is 15.7. The van der Waals surface area contributed by atoms with E-state index in [1.54, 1.807) is 56.9 Å². The van der Waals surface area contributed by atoms with Gasteiger partial charge in [0.1, 0.15) is 34.8 Å². The summed E-state index contributed by atoms with van der Waals surface area (Å²) in [5.74, 6) is 0.698. The highest BCUT2D eigenvalue weighted by Crippen LogP contribution is 2.33. The third-order valence-electron chi connectivity index (χ3n) is 7.70. The standard InChI is InChI=1S/C36H41FN6O4/c1-6-31(44)38-27-17-9-24(10-18-27)21-29(40-35(46)47-36(3,4)5)34(45)42-19-20-43-30(22-42)41-32(25-11-13-26(37)14-12-25)33(43)39-28-15-7-23(2)8-16-28/h7-18,29,39H,6,19-22H2,1-5H3,(H,38,44)(H,40,46). The molecule has 1 aromatic heterocycles. The van der Waals surface area contributed by atoms with Crippen LogP contribution in [0.2, 0.25) is 0 Å². The number of hydrogen-bond acceptors (Lipinski definition) is 6. The number of aromatic nitrogens is 2. The van der Waals surface area contributed by atoms with Crippen molar-refractivity contribution in [2.75, 3.05) is 17.2 Å². The van der Waals surface area contributed by atoms with Crippen molar-refractivity contribution in [1.82, 2.24) is 19.8 Å². The molecule has 0 spiro atoms. The monoisotopic (exact) mass is 640 g/mol. The lowest BCUT2D eigenvalue weighted by molar-refractivity contribution is -0.135. The quantitative estimate of drug-likeness (QED) is 0.191. The minimum absolute atomic E-state index is 0.0966. The predicted octanol–water partition coefficient (Wildman–Crippen LogP) is 6.57. The number of aryl methyl sites for hydroxylation is 1. The van der Waals surface area contributed by atoms with Crippen molar-refractivity contribution >= 4 is 35.1 Å². The normalized spacial score (nSPS) is 13.4. The smallest absolute Gasteiger partial charge is 0.408 e. The fourth-order valence-electron chi connectivity index (χ4n) is 5.31. The Morgan fingerprint density at radius 2 is 1.60 bits per heavy atom. The summed E-state index contributed by atoms with van der Waals surface area (Å²) in [6, 6.07) is 20.5. The average molecular weight is 641 g/mol. The van der Waals surface area contributed by atoms with E-state index in [9.17, 15) is 18.8 Å². The van der Waals surface area contributed by atoms with Gasteiger partial charge in [0.2, 0.25) is 11.8 Å². The highest BCUT2D eigenvalue weighted by molar-refractivity contribution is 5.90. The van der Waals surface area contributed by atoms with Crippen LogP contribution in [0.4, 0.5) is 26.4 Å². The summed E-state index contributed by atoms with van der Waals surface area (Å²) in [7, 11) is 0. The molecule has 5 rings (SSSR count). The van der Waals surface area contributed by atoms with E-state index in [-0.39, 0.29) is 30.6 Å². The van der Waals surface area contributed by atoms with Crippen molar-refractivity contribution in [3.8, 4) is 11.3 Å². The van der Waals surface area contributed by atoms with Gasteiger partial charge in [-0.1, -0.05) is 36.8 Å². The lowest BCUT2D eigenvalue weighted by Gasteiger charge is -2.32. The molecule has 3 aromatic carbocycles. The highest BCUT2D eigenvalue weighted by Gasteiger charge is 2.32. The number of nitrogens with one attached hydrogen (secondary N) is 3. The highest BCUT2D eigenvalue weighted by atomic mass is 19.1.